The smallest absolute Gasteiger partial charge is 0.178 e. The first-order valence-corrected chi connectivity index (χ1v) is 5.73. The number of hydrogen-bond donors (Lipinski definition) is 0. The highest BCUT2D eigenvalue weighted by Gasteiger charge is 2.16. The summed E-state index contributed by atoms with van der Waals surface area (Å²) in [6.45, 7) is 3.46. The highest BCUT2D eigenvalue weighted by atomic mass is 35.5. The van der Waals surface area contributed by atoms with Gasteiger partial charge in [0.2, 0.25) is 0 Å². The van der Waals surface area contributed by atoms with E-state index in [1.807, 2.05) is 12.1 Å². The molecule has 0 N–H and O–H groups in total. The Bertz CT molecular complexity index is 375. The first kappa shape index (κ1) is 11.6. The van der Waals surface area contributed by atoms with Gasteiger partial charge in [-0.25, -0.2) is 0 Å². The molecule has 0 amide bonds. The van der Waals surface area contributed by atoms with Crippen LogP contribution in [0.15, 0.2) is 24.3 Å². The van der Waals surface area contributed by atoms with Crippen LogP contribution in [0.1, 0.15) is 10.4 Å². The fourth-order valence-corrected chi connectivity index (χ4v) is 1.98. The summed E-state index contributed by atoms with van der Waals surface area (Å²) in [6, 6.07) is 7.17. The summed E-state index contributed by atoms with van der Waals surface area (Å²) in [5.41, 5.74) is 0.607. The highest BCUT2D eigenvalue weighted by Crippen LogP contribution is 2.16. The first-order valence-electron chi connectivity index (χ1n) is 5.35. The Labute approximate surface area is 100.0 Å². The van der Waals surface area contributed by atoms with Gasteiger partial charge in [0.25, 0.3) is 0 Å². The van der Waals surface area contributed by atoms with E-state index in [1.165, 1.54) is 0 Å². The van der Waals surface area contributed by atoms with E-state index in [-0.39, 0.29) is 5.78 Å². The minimum Gasteiger partial charge on any atom is -0.379 e. The third-order valence-electron chi connectivity index (χ3n) is 2.65. The zero-order chi connectivity index (χ0) is 11.4. The molecule has 1 aliphatic rings. The molecule has 1 heterocycles. The molecule has 0 aliphatic carbocycles. The lowest BCUT2D eigenvalue weighted by Crippen LogP contribution is -2.39. The lowest BCUT2D eigenvalue weighted by molar-refractivity contribution is 0.0371. The summed E-state index contributed by atoms with van der Waals surface area (Å²) in [4.78, 5) is 14.1. The molecule has 16 heavy (non-hydrogen) atoms. The Hall–Kier alpha value is -0.900. The molecule has 0 saturated carbocycles. The number of halogens is 1. The number of carbonyl (C=O) groups excluding carboxylic acids is 1. The van der Waals surface area contributed by atoms with Crippen LogP contribution in [-0.4, -0.2) is 43.5 Å². The molecule has 1 aromatic carbocycles. The fourth-order valence-electron chi connectivity index (χ4n) is 1.73. The zero-order valence-electron chi connectivity index (χ0n) is 8.99. The van der Waals surface area contributed by atoms with Crippen LogP contribution >= 0.6 is 11.6 Å². The Morgan fingerprint density at radius 2 is 2.00 bits per heavy atom. The van der Waals surface area contributed by atoms with Crippen molar-refractivity contribution in [2.45, 2.75) is 0 Å². The SMILES string of the molecule is O=C(CN1CCOCC1)c1ccccc1Cl. The molecule has 0 unspecified atom stereocenters. The summed E-state index contributed by atoms with van der Waals surface area (Å²) in [5, 5.41) is 0.528. The number of ether oxygens (including phenoxy) is 1. The topological polar surface area (TPSA) is 29.5 Å². The maximum absolute atomic E-state index is 12.0. The number of carbonyl (C=O) groups is 1. The largest absolute Gasteiger partial charge is 0.379 e. The average Bonchev–Trinajstić information content (AvgIpc) is 2.31. The maximum atomic E-state index is 12.0. The molecular formula is C12H14ClNO2. The lowest BCUT2D eigenvalue weighted by Gasteiger charge is -2.25. The van der Waals surface area contributed by atoms with Gasteiger partial charge in [0.15, 0.2) is 5.78 Å². The van der Waals surface area contributed by atoms with Gasteiger partial charge in [-0.3, -0.25) is 9.69 Å². The van der Waals surface area contributed by atoms with Crippen LogP contribution < -0.4 is 0 Å². The summed E-state index contributed by atoms with van der Waals surface area (Å²) < 4.78 is 5.23. The monoisotopic (exact) mass is 239 g/mol. The van der Waals surface area contributed by atoms with E-state index in [2.05, 4.69) is 4.90 Å². The molecule has 0 radical (unpaired) electrons. The molecule has 0 spiro atoms. The second-order valence-electron chi connectivity index (χ2n) is 3.79. The van der Waals surface area contributed by atoms with Crippen molar-refractivity contribution in [3.05, 3.63) is 34.9 Å². The number of morpholine rings is 1. The van der Waals surface area contributed by atoms with E-state index in [9.17, 15) is 4.79 Å². The van der Waals surface area contributed by atoms with Gasteiger partial charge in [0.1, 0.15) is 0 Å². The number of nitrogens with zero attached hydrogens (tertiary/aromatic N) is 1. The van der Waals surface area contributed by atoms with Crippen LogP contribution in [0, 0.1) is 0 Å². The molecule has 0 bridgehead atoms. The zero-order valence-corrected chi connectivity index (χ0v) is 9.74. The van der Waals surface area contributed by atoms with Gasteiger partial charge >= 0.3 is 0 Å². The molecule has 1 aromatic rings. The summed E-state index contributed by atoms with van der Waals surface area (Å²) >= 11 is 5.97. The van der Waals surface area contributed by atoms with Gasteiger partial charge in [-0.1, -0.05) is 23.7 Å². The molecule has 2 rings (SSSR count). The molecule has 1 fully saturated rings. The van der Waals surface area contributed by atoms with Crippen molar-refractivity contribution in [3.63, 3.8) is 0 Å². The number of Topliss-reactive ketones (excluding diaryl/α,β-unsaturated/α-hetero) is 1. The van der Waals surface area contributed by atoms with E-state index in [0.29, 0.717) is 30.3 Å². The van der Waals surface area contributed by atoms with Gasteiger partial charge in [-0.15, -0.1) is 0 Å². The van der Waals surface area contributed by atoms with Gasteiger partial charge in [0, 0.05) is 18.7 Å². The quantitative estimate of drug-likeness (QED) is 0.754. The minimum absolute atomic E-state index is 0.0764. The molecule has 1 saturated heterocycles. The summed E-state index contributed by atoms with van der Waals surface area (Å²) in [6.07, 6.45) is 0. The van der Waals surface area contributed by atoms with Gasteiger partial charge in [0.05, 0.1) is 24.8 Å². The van der Waals surface area contributed by atoms with Gasteiger partial charge in [-0.2, -0.15) is 0 Å². The van der Waals surface area contributed by atoms with E-state index in [4.69, 9.17) is 16.3 Å². The van der Waals surface area contributed by atoms with Crippen LogP contribution in [0.25, 0.3) is 0 Å². The Morgan fingerprint density at radius 3 is 2.69 bits per heavy atom. The Morgan fingerprint density at radius 1 is 1.31 bits per heavy atom. The first-order chi connectivity index (χ1) is 7.77. The van der Waals surface area contributed by atoms with E-state index < -0.39 is 0 Å². The van der Waals surface area contributed by atoms with Crippen LogP contribution in [0.4, 0.5) is 0 Å². The second-order valence-corrected chi connectivity index (χ2v) is 4.20. The van der Waals surface area contributed by atoms with Crippen LogP contribution in [-0.2, 0) is 4.74 Å². The summed E-state index contributed by atoms with van der Waals surface area (Å²) in [7, 11) is 0. The van der Waals surface area contributed by atoms with Crippen LogP contribution in [0.5, 0.6) is 0 Å². The highest BCUT2D eigenvalue weighted by molar-refractivity contribution is 6.34. The van der Waals surface area contributed by atoms with Gasteiger partial charge in [-0.05, 0) is 12.1 Å². The molecule has 3 nitrogen and oxygen atoms in total. The van der Waals surface area contributed by atoms with Crippen molar-refractivity contribution in [1.82, 2.24) is 4.90 Å². The lowest BCUT2D eigenvalue weighted by atomic mass is 10.1. The van der Waals surface area contributed by atoms with Crippen molar-refractivity contribution >= 4 is 17.4 Å². The number of benzene rings is 1. The molecule has 0 atom stereocenters. The number of hydrogen-bond acceptors (Lipinski definition) is 3. The maximum Gasteiger partial charge on any atom is 0.178 e. The number of rotatable bonds is 3. The molecule has 4 heteroatoms. The van der Waals surface area contributed by atoms with Crippen molar-refractivity contribution in [2.75, 3.05) is 32.8 Å². The van der Waals surface area contributed by atoms with E-state index in [0.717, 1.165) is 13.1 Å². The molecule has 1 aliphatic heterocycles. The molecular weight excluding hydrogens is 226 g/mol. The number of ketones is 1. The van der Waals surface area contributed by atoms with Gasteiger partial charge < -0.3 is 4.74 Å². The minimum atomic E-state index is 0.0764. The molecule has 86 valence electrons. The van der Waals surface area contributed by atoms with E-state index in [1.54, 1.807) is 12.1 Å². The van der Waals surface area contributed by atoms with Crippen molar-refractivity contribution in [3.8, 4) is 0 Å². The summed E-state index contributed by atoms with van der Waals surface area (Å²) in [5.74, 6) is 0.0764. The second kappa shape index (κ2) is 5.43. The predicted octanol–water partition coefficient (Wildman–Crippen LogP) is 1.85. The third-order valence-corrected chi connectivity index (χ3v) is 2.97. The Balaban J connectivity index is 2.00. The van der Waals surface area contributed by atoms with Crippen molar-refractivity contribution in [1.29, 1.82) is 0 Å². The Kier molecular flexibility index (Phi) is 3.93. The van der Waals surface area contributed by atoms with Crippen molar-refractivity contribution < 1.29 is 9.53 Å². The molecule has 0 aromatic heterocycles. The predicted molar refractivity (Wildman–Crippen MR) is 63.0 cm³/mol. The van der Waals surface area contributed by atoms with Crippen LogP contribution in [0.2, 0.25) is 5.02 Å². The third kappa shape index (κ3) is 2.82. The fraction of sp³-hybridized carbons (Fsp3) is 0.417. The normalized spacial score (nSPS) is 17.3. The standard InChI is InChI=1S/C12H14ClNO2/c13-11-4-2-1-3-10(11)12(15)9-14-5-7-16-8-6-14/h1-4H,5-9H2. The average molecular weight is 240 g/mol. The van der Waals surface area contributed by atoms with E-state index >= 15 is 0 Å². The van der Waals surface area contributed by atoms with Crippen molar-refractivity contribution in [2.24, 2.45) is 0 Å². The van der Waals surface area contributed by atoms with Crippen LogP contribution in [0.3, 0.4) is 0 Å².